The Morgan fingerprint density at radius 1 is 1.16 bits per heavy atom. The number of nitrogens with one attached hydrogen (secondary N) is 1. The molecule has 0 saturated carbocycles. The number of ether oxygens (including phenoxy) is 1. The van der Waals surface area contributed by atoms with Crippen LogP contribution in [0.15, 0.2) is 28.7 Å². The molecule has 0 spiro atoms. The van der Waals surface area contributed by atoms with E-state index in [9.17, 15) is 9.90 Å². The molecular weight excluding hydrogens is 318 g/mol. The van der Waals surface area contributed by atoms with Crippen molar-refractivity contribution in [1.29, 1.82) is 0 Å². The van der Waals surface area contributed by atoms with Gasteiger partial charge in [0.25, 0.3) is 0 Å². The Kier molecular flexibility index (Phi) is 4.17. The van der Waals surface area contributed by atoms with E-state index >= 15 is 0 Å². The molecule has 3 rings (SSSR count). The zero-order chi connectivity index (χ0) is 18.3. The molecule has 0 saturated heterocycles. The van der Waals surface area contributed by atoms with Gasteiger partial charge in [-0.2, -0.15) is 0 Å². The lowest BCUT2D eigenvalue weighted by Gasteiger charge is -2.10. The number of hydrogen-bond donors (Lipinski definition) is 2. The summed E-state index contributed by atoms with van der Waals surface area (Å²) in [5.41, 5.74) is 3.88. The maximum atomic E-state index is 13.2. The summed E-state index contributed by atoms with van der Waals surface area (Å²) in [5, 5.41) is 13.7. The van der Waals surface area contributed by atoms with Crippen molar-refractivity contribution in [3.63, 3.8) is 0 Å². The Labute approximate surface area is 146 Å². The third-order valence-electron chi connectivity index (χ3n) is 4.59. The number of ketones is 1. The van der Waals surface area contributed by atoms with Gasteiger partial charge in [0, 0.05) is 18.0 Å². The highest BCUT2D eigenvalue weighted by Gasteiger charge is 2.24. The van der Waals surface area contributed by atoms with Crippen LogP contribution in [0, 0.1) is 20.8 Å². The second kappa shape index (κ2) is 6.16. The Morgan fingerprint density at radius 3 is 2.52 bits per heavy atom. The number of aromatic hydroxyl groups is 1. The number of phenolic OH excluding ortho intramolecular Hbond substituents is 1. The van der Waals surface area contributed by atoms with Crippen LogP contribution in [0.4, 0.5) is 5.88 Å². The molecule has 2 aromatic carbocycles. The van der Waals surface area contributed by atoms with Crippen molar-refractivity contribution in [2.24, 2.45) is 0 Å². The summed E-state index contributed by atoms with van der Waals surface area (Å²) in [6.07, 6.45) is 0. The van der Waals surface area contributed by atoms with E-state index in [1.165, 1.54) is 0 Å². The van der Waals surface area contributed by atoms with Gasteiger partial charge in [-0.25, -0.2) is 0 Å². The Hall–Kier alpha value is -2.95. The van der Waals surface area contributed by atoms with Crippen LogP contribution in [0.3, 0.4) is 0 Å². The van der Waals surface area contributed by atoms with Crippen molar-refractivity contribution >= 4 is 22.6 Å². The number of furan rings is 1. The normalized spacial score (nSPS) is 10.9. The molecule has 0 aliphatic rings. The molecular formula is C20H21NO4. The predicted octanol–water partition coefficient (Wildman–Crippen LogP) is 4.34. The topological polar surface area (TPSA) is 71.7 Å². The Morgan fingerprint density at radius 2 is 1.88 bits per heavy atom. The fourth-order valence-corrected chi connectivity index (χ4v) is 2.96. The first-order chi connectivity index (χ1) is 11.9. The summed E-state index contributed by atoms with van der Waals surface area (Å²) >= 11 is 0. The van der Waals surface area contributed by atoms with Crippen LogP contribution in [0.1, 0.15) is 32.6 Å². The minimum Gasteiger partial charge on any atom is -0.504 e. The monoisotopic (exact) mass is 339 g/mol. The number of anilines is 1. The fraction of sp³-hybridized carbons (Fsp3) is 0.250. The molecule has 0 amide bonds. The molecule has 0 aliphatic carbocycles. The zero-order valence-electron chi connectivity index (χ0n) is 15.0. The molecule has 0 unspecified atom stereocenters. The number of phenols is 1. The van der Waals surface area contributed by atoms with E-state index in [0.717, 1.165) is 11.1 Å². The van der Waals surface area contributed by atoms with E-state index in [0.29, 0.717) is 39.3 Å². The average Bonchev–Trinajstić information content (AvgIpc) is 2.99. The molecule has 2 N–H and O–H groups in total. The lowest BCUT2D eigenvalue weighted by Crippen LogP contribution is -2.05. The smallest absolute Gasteiger partial charge is 0.205 e. The Bertz CT molecular complexity index is 985. The standard InChI is InChI=1S/C20H21NO4/c1-10-6-7-14-16(20(21-4)25-19(14)17(10)22)18(23)13-8-11(2)12(3)15(9-13)24-5/h6-9,21-22H,1-5H3. The van der Waals surface area contributed by atoms with Crippen LogP contribution in [0.25, 0.3) is 11.0 Å². The number of carbonyl (C=O) groups is 1. The molecule has 5 nitrogen and oxygen atoms in total. The van der Waals surface area contributed by atoms with Crippen LogP contribution in [-0.4, -0.2) is 25.0 Å². The van der Waals surface area contributed by atoms with Gasteiger partial charge in [-0.3, -0.25) is 4.79 Å². The van der Waals surface area contributed by atoms with Gasteiger partial charge in [0.1, 0.15) is 5.75 Å². The van der Waals surface area contributed by atoms with Crippen molar-refractivity contribution in [2.75, 3.05) is 19.5 Å². The average molecular weight is 339 g/mol. The highest BCUT2D eigenvalue weighted by Crippen LogP contribution is 2.38. The van der Waals surface area contributed by atoms with Crippen LogP contribution >= 0.6 is 0 Å². The number of rotatable bonds is 4. The number of fused-ring (bicyclic) bond motifs is 1. The lowest BCUT2D eigenvalue weighted by molar-refractivity contribution is 0.104. The van der Waals surface area contributed by atoms with Gasteiger partial charge in [-0.15, -0.1) is 0 Å². The van der Waals surface area contributed by atoms with Crippen molar-refractivity contribution in [2.45, 2.75) is 20.8 Å². The summed E-state index contributed by atoms with van der Waals surface area (Å²) in [4.78, 5) is 13.2. The van der Waals surface area contributed by atoms with Gasteiger partial charge in [0.15, 0.2) is 17.1 Å². The largest absolute Gasteiger partial charge is 0.504 e. The summed E-state index contributed by atoms with van der Waals surface area (Å²) in [7, 11) is 3.27. The predicted molar refractivity (Wildman–Crippen MR) is 98.1 cm³/mol. The zero-order valence-corrected chi connectivity index (χ0v) is 15.0. The summed E-state index contributed by atoms with van der Waals surface area (Å²) in [5.74, 6) is 0.859. The molecule has 25 heavy (non-hydrogen) atoms. The number of benzene rings is 2. The van der Waals surface area contributed by atoms with E-state index < -0.39 is 0 Å². The molecule has 5 heteroatoms. The van der Waals surface area contributed by atoms with Crippen LogP contribution < -0.4 is 10.1 Å². The van der Waals surface area contributed by atoms with Gasteiger partial charge in [-0.1, -0.05) is 6.07 Å². The van der Waals surface area contributed by atoms with Crippen molar-refractivity contribution in [1.82, 2.24) is 0 Å². The van der Waals surface area contributed by atoms with Crippen molar-refractivity contribution in [3.05, 3.63) is 52.1 Å². The maximum Gasteiger partial charge on any atom is 0.205 e. The van der Waals surface area contributed by atoms with Gasteiger partial charge < -0.3 is 19.6 Å². The minimum absolute atomic E-state index is 0.0470. The van der Waals surface area contributed by atoms with E-state index in [2.05, 4.69) is 5.32 Å². The van der Waals surface area contributed by atoms with E-state index in [1.807, 2.05) is 19.9 Å². The fourth-order valence-electron chi connectivity index (χ4n) is 2.96. The second-order valence-corrected chi connectivity index (χ2v) is 6.11. The number of methoxy groups -OCH3 is 1. The highest BCUT2D eigenvalue weighted by atomic mass is 16.5. The van der Waals surface area contributed by atoms with Crippen LogP contribution in [-0.2, 0) is 0 Å². The van der Waals surface area contributed by atoms with E-state index in [-0.39, 0.29) is 11.5 Å². The molecule has 0 radical (unpaired) electrons. The molecule has 0 bridgehead atoms. The molecule has 0 aliphatic heterocycles. The molecule has 130 valence electrons. The third kappa shape index (κ3) is 2.61. The lowest BCUT2D eigenvalue weighted by atomic mass is 9.97. The first kappa shape index (κ1) is 16.9. The number of carbonyl (C=O) groups excluding carboxylic acids is 1. The third-order valence-corrected chi connectivity index (χ3v) is 4.59. The number of aryl methyl sites for hydroxylation is 2. The summed E-state index contributed by atoms with van der Waals surface area (Å²) in [6.45, 7) is 5.68. The molecule has 3 aromatic rings. The molecule has 1 heterocycles. The van der Waals surface area contributed by atoms with Crippen LogP contribution in [0.2, 0.25) is 0 Å². The molecule has 0 fully saturated rings. The summed E-state index contributed by atoms with van der Waals surface area (Å²) < 4.78 is 11.1. The van der Waals surface area contributed by atoms with E-state index in [4.69, 9.17) is 9.15 Å². The quantitative estimate of drug-likeness (QED) is 0.692. The van der Waals surface area contributed by atoms with E-state index in [1.54, 1.807) is 39.3 Å². The second-order valence-electron chi connectivity index (χ2n) is 6.11. The maximum absolute atomic E-state index is 13.2. The minimum atomic E-state index is -0.187. The van der Waals surface area contributed by atoms with Gasteiger partial charge in [-0.05, 0) is 55.7 Å². The summed E-state index contributed by atoms with van der Waals surface area (Å²) in [6, 6.07) is 7.13. The van der Waals surface area contributed by atoms with Gasteiger partial charge >= 0.3 is 0 Å². The first-order valence-corrected chi connectivity index (χ1v) is 8.01. The highest BCUT2D eigenvalue weighted by molar-refractivity contribution is 6.20. The van der Waals surface area contributed by atoms with Crippen LogP contribution in [0.5, 0.6) is 11.5 Å². The first-order valence-electron chi connectivity index (χ1n) is 8.01. The number of hydrogen-bond acceptors (Lipinski definition) is 5. The van der Waals surface area contributed by atoms with Crippen molar-refractivity contribution in [3.8, 4) is 11.5 Å². The molecule has 0 atom stereocenters. The SMILES string of the molecule is CNc1oc2c(O)c(C)ccc2c1C(=O)c1cc(C)c(C)c(OC)c1. The van der Waals surface area contributed by atoms with Crippen molar-refractivity contribution < 1.29 is 19.1 Å². The van der Waals surface area contributed by atoms with Gasteiger partial charge in [0.05, 0.1) is 12.7 Å². The Balaban J connectivity index is 2.24. The molecule has 1 aromatic heterocycles. The van der Waals surface area contributed by atoms with Gasteiger partial charge in [0.2, 0.25) is 5.88 Å².